The van der Waals surface area contributed by atoms with Gasteiger partial charge in [-0.25, -0.2) is 0 Å². The third-order valence-corrected chi connectivity index (χ3v) is 3.28. The number of carboxylic acid groups (broad SMARTS) is 1. The fourth-order valence-electron chi connectivity index (χ4n) is 2.51. The second-order valence-electron chi connectivity index (χ2n) is 4.53. The maximum atomic E-state index is 12.5. The maximum absolute atomic E-state index is 12.5. The number of carbonyl (C=O) groups is 2. The van der Waals surface area contributed by atoms with Crippen molar-refractivity contribution in [3.05, 3.63) is 48.6 Å². The number of esters is 1. The fraction of sp³-hybridized carbons (Fsp3) is 0.412. The molecule has 0 bridgehead atoms. The molecule has 0 heterocycles. The van der Waals surface area contributed by atoms with Gasteiger partial charge in [-0.2, -0.15) is 0 Å². The van der Waals surface area contributed by atoms with Gasteiger partial charge >= 0.3 is 11.9 Å². The van der Waals surface area contributed by atoms with Crippen LogP contribution in [0.2, 0.25) is 0 Å². The van der Waals surface area contributed by atoms with Gasteiger partial charge in [0.2, 0.25) is 0 Å². The second-order valence-corrected chi connectivity index (χ2v) is 4.53. The van der Waals surface area contributed by atoms with E-state index in [-0.39, 0.29) is 0 Å². The van der Waals surface area contributed by atoms with Crippen molar-refractivity contribution in [1.82, 2.24) is 0 Å². The standard InChI is InChI=1S/C17H24O4/c1-6-10-16(11-7-2,14(18)19)17(12-8-3,13-9-4)15(20)21-5/h6-13H,1-5H3,(H,18,19). The van der Waals surface area contributed by atoms with E-state index in [9.17, 15) is 14.7 Å². The van der Waals surface area contributed by atoms with Crippen LogP contribution in [0.4, 0.5) is 0 Å². The normalized spacial score (nSPS) is 18.3. The molecule has 0 radical (unpaired) electrons. The van der Waals surface area contributed by atoms with Gasteiger partial charge in [0.25, 0.3) is 0 Å². The van der Waals surface area contributed by atoms with Crippen LogP contribution in [0.15, 0.2) is 48.6 Å². The van der Waals surface area contributed by atoms with Crippen LogP contribution >= 0.6 is 0 Å². The number of hydrogen-bond donors (Lipinski definition) is 1. The lowest BCUT2D eigenvalue weighted by Crippen LogP contribution is -2.49. The Hall–Kier alpha value is -2.10. The Balaban J connectivity index is 6.79. The van der Waals surface area contributed by atoms with Crippen LogP contribution in [0.1, 0.15) is 27.7 Å². The molecule has 1 N–H and O–H groups in total. The second kappa shape index (κ2) is 8.25. The van der Waals surface area contributed by atoms with Gasteiger partial charge < -0.3 is 9.84 Å². The Labute approximate surface area is 126 Å². The minimum absolute atomic E-state index is 0.627. The lowest BCUT2D eigenvalue weighted by Gasteiger charge is -2.38. The molecule has 0 fully saturated rings. The summed E-state index contributed by atoms with van der Waals surface area (Å²) >= 11 is 0. The van der Waals surface area contributed by atoms with Crippen molar-refractivity contribution >= 4 is 11.9 Å². The Morgan fingerprint density at radius 1 is 0.810 bits per heavy atom. The zero-order chi connectivity index (χ0) is 16.5. The zero-order valence-electron chi connectivity index (χ0n) is 13.3. The SMILES string of the molecule is CC=CC(C=CC)(C(=O)O)C(C=CC)(C=CC)C(=O)OC. The van der Waals surface area contributed by atoms with Crippen LogP contribution in [0.5, 0.6) is 0 Å². The van der Waals surface area contributed by atoms with Gasteiger partial charge in [-0.15, -0.1) is 0 Å². The molecule has 0 rings (SSSR count). The Morgan fingerprint density at radius 3 is 1.38 bits per heavy atom. The zero-order valence-corrected chi connectivity index (χ0v) is 13.3. The molecular weight excluding hydrogens is 268 g/mol. The minimum atomic E-state index is -1.55. The monoisotopic (exact) mass is 292 g/mol. The van der Waals surface area contributed by atoms with Gasteiger partial charge in [-0.05, 0) is 27.7 Å². The number of methoxy groups -OCH3 is 1. The van der Waals surface area contributed by atoms with Crippen molar-refractivity contribution in [2.75, 3.05) is 7.11 Å². The van der Waals surface area contributed by atoms with E-state index >= 15 is 0 Å². The lowest BCUT2D eigenvalue weighted by molar-refractivity contribution is -0.160. The molecule has 0 spiro atoms. The molecular formula is C17H24O4. The molecule has 0 atom stereocenters. The molecule has 0 aromatic carbocycles. The van der Waals surface area contributed by atoms with Crippen molar-refractivity contribution in [2.24, 2.45) is 10.8 Å². The van der Waals surface area contributed by atoms with E-state index in [1.165, 1.54) is 19.3 Å². The smallest absolute Gasteiger partial charge is 0.321 e. The largest absolute Gasteiger partial charge is 0.480 e. The third-order valence-electron chi connectivity index (χ3n) is 3.28. The summed E-state index contributed by atoms with van der Waals surface area (Å²) in [6.07, 6.45) is 12.7. The minimum Gasteiger partial charge on any atom is -0.480 e. The van der Waals surface area contributed by atoms with E-state index < -0.39 is 22.8 Å². The molecule has 116 valence electrons. The summed E-state index contributed by atoms with van der Waals surface area (Å²) < 4.78 is 4.90. The van der Waals surface area contributed by atoms with E-state index in [1.807, 2.05) is 0 Å². The first-order valence-corrected chi connectivity index (χ1v) is 6.79. The molecule has 0 aromatic heterocycles. The first kappa shape index (κ1) is 18.9. The molecule has 0 unspecified atom stereocenters. The van der Waals surface area contributed by atoms with E-state index in [2.05, 4.69) is 0 Å². The van der Waals surface area contributed by atoms with Crippen molar-refractivity contribution in [3.8, 4) is 0 Å². The van der Waals surface area contributed by atoms with Crippen molar-refractivity contribution in [2.45, 2.75) is 27.7 Å². The molecule has 4 heteroatoms. The summed E-state index contributed by atoms with van der Waals surface area (Å²) in [7, 11) is 1.25. The Kier molecular flexibility index (Phi) is 7.42. The van der Waals surface area contributed by atoms with E-state index in [0.29, 0.717) is 0 Å². The summed E-state index contributed by atoms with van der Waals surface area (Å²) in [5.41, 5.74) is -3.00. The van der Waals surface area contributed by atoms with Gasteiger partial charge in [0.05, 0.1) is 7.11 Å². The first-order chi connectivity index (χ1) is 9.92. The summed E-state index contributed by atoms with van der Waals surface area (Å²) in [4.78, 5) is 24.5. The quantitative estimate of drug-likeness (QED) is 0.576. The number of carboxylic acids is 1. The predicted molar refractivity (Wildman–Crippen MR) is 83.8 cm³/mol. The van der Waals surface area contributed by atoms with E-state index in [0.717, 1.165) is 0 Å². The van der Waals surface area contributed by atoms with Crippen LogP contribution in [0.3, 0.4) is 0 Å². The number of ether oxygens (including phenoxy) is 1. The highest BCUT2D eigenvalue weighted by Crippen LogP contribution is 2.46. The molecule has 0 saturated carbocycles. The third kappa shape index (κ3) is 3.32. The highest BCUT2D eigenvalue weighted by atomic mass is 16.5. The Bertz CT molecular complexity index is 457. The predicted octanol–water partition coefficient (Wildman–Crippen LogP) is 3.52. The number of hydrogen-bond acceptors (Lipinski definition) is 3. The highest BCUT2D eigenvalue weighted by molar-refractivity contribution is 5.94. The molecule has 21 heavy (non-hydrogen) atoms. The van der Waals surface area contributed by atoms with Gasteiger partial charge in [-0.1, -0.05) is 48.6 Å². The van der Waals surface area contributed by atoms with Crippen LogP contribution in [0, 0.1) is 10.8 Å². The molecule has 0 saturated heterocycles. The summed E-state index contributed by atoms with van der Waals surface area (Å²) in [6, 6.07) is 0. The molecule has 0 aromatic rings. The van der Waals surface area contributed by atoms with Crippen LogP contribution in [-0.4, -0.2) is 24.2 Å². The van der Waals surface area contributed by atoms with Crippen molar-refractivity contribution < 1.29 is 19.4 Å². The van der Waals surface area contributed by atoms with Crippen LogP contribution < -0.4 is 0 Å². The molecule has 0 aliphatic heterocycles. The number of allylic oxidation sites excluding steroid dienone is 4. The van der Waals surface area contributed by atoms with Crippen LogP contribution in [-0.2, 0) is 14.3 Å². The Morgan fingerprint density at radius 2 is 1.14 bits per heavy atom. The summed E-state index contributed by atoms with van der Waals surface area (Å²) in [6.45, 7) is 6.90. The molecule has 4 nitrogen and oxygen atoms in total. The number of aliphatic carboxylic acids is 1. The highest BCUT2D eigenvalue weighted by Gasteiger charge is 2.56. The van der Waals surface area contributed by atoms with Gasteiger partial charge in [0, 0.05) is 0 Å². The summed E-state index contributed by atoms with van der Waals surface area (Å²) in [5.74, 6) is -1.75. The molecule has 0 aliphatic carbocycles. The number of rotatable bonds is 7. The molecule has 0 amide bonds. The van der Waals surface area contributed by atoms with Crippen molar-refractivity contribution in [3.63, 3.8) is 0 Å². The summed E-state index contributed by atoms with van der Waals surface area (Å²) in [5, 5.41) is 9.84. The topological polar surface area (TPSA) is 63.6 Å². The average Bonchev–Trinajstić information content (AvgIpc) is 2.45. The van der Waals surface area contributed by atoms with E-state index in [1.54, 1.807) is 64.2 Å². The van der Waals surface area contributed by atoms with E-state index in [4.69, 9.17) is 4.74 Å². The van der Waals surface area contributed by atoms with Gasteiger partial charge in [0.1, 0.15) is 10.8 Å². The number of carbonyl (C=O) groups excluding carboxylic acids is 1. The fourth-order valence-corrected chi connectivity index (χ4v) is 2.51. The van der Waals surface area contributed by atoms with Crippen molar-refractivity contribution in [1.29, 1.82) is 0 Å². The average molecular weight is 292 g/mol. The first-order valence-electron chi connectivity index (χ1n) is 6.79. The lowest BCUT2D eigenvalue weighted by atomic mass is 9.62. The van der Waals surface area contributed by atoms with Gasteiger partial charge in [0.15, 0.2) is 0 Å². The van der Waals surface area contributed by atoms with Gasteiger partial charge in [-0.3, -0.25) is 9.59 Å². The maximum Gasteiger partial charge on any atom is 0.321 e. The molecule has 0 aliphatic rings. The van der Waals surface area contributed by atoms with Crippen LogP contribution in [0.25, 0.3) is 0 Å².